The lowest BCUT2D eigenvalue weighted by Gasteiger charge is -2.02. The molecule has 1 atom stereocenters. The zero-order chi connectivity index (χ0) is 10.8. The third-order valence-electron chi connectivity index (χ3n) is 2.09. The summed E-state index contributed by atoms with van der Waals surface area (Å²) in [5, 5.41) is 1.93. The van der Waals surface area contributed by atoms with Gasteiger partial charge in [0.15, 0.2) is 0 Å². The van der Waals surface area contributed by atoms with E-state index in [0.717, 1.165) is 10.6 Å². The molecule has 0 bridgehead atoms. The molecule has 4 heteroatoms. The van der Waals surface area contributed by atoms with Crippen molar-refractivity contribution in [1.29, 1.82) is 0 Å². The largest absolute Gasteiger partial charge is 0.496 e. The summed E-state index contributed by atoms with van der Waals surface area (Å²) < 4.78 is 5.14. The van der Waals surface area contributed by atoms with Crippen molar-refractivity contribution in [2.24, 2.45) is 0 Å². The van der Waals surface area contributed by atoms with Gasteiger partial charge in [0.2, 0.25) is 0 Å². The van der Waals surface area contributed by atoms with E-state index in [9.17, 15) is 0 Å². The summed E-state index contributed by atoms with van der Waals surface area (Å²) in [4.78, 5) is 3.62. The number of halogens is 1. The molecule has 2 aromatic rings. The van der Waals surface area contributed by atoms with Gasteiger partial charge in [-0.05, 0) is 25.1 Å². The topological polar surface area (TPSA) is 9.23 Å². The minimum atomic E-state index is -0.0439. The van der Waals surface area contributed by atoms with Gasteiger partial charge in [-0.2, -0.15) is 0 Å². The maximum absolute atomic E-state index is 6.38. The Kier molecular flexibility index (Phi) is 3.34. The number of rotatable bonds is 3. The highest BCUT2D eigenvalue weighted by molar-refractivity contribution is 7.13. The van der Waals surface area contributed by atoms with E-state index in [4.69, 9.17) is 16.3 Å². The Morgan fingerprint density at radius 2 is 2.13 bits per heavy atom. The Bertz CT molecular complexity index is 447. The molecule has 2 rings (SSSR count). The van der Waals surface area contributed by atoms with Crippen molar-refractivity contribution in [1.82, 2.24) is 0 Å². The van der Waals surface area contributed by atoms with Crippen LogP contribution in [-0.2, 0) is 0 Å². The van der Waals surface area contributed by atoms with E-state index in [2.05, 4.69) is 19.1 Å². The van der Waals surface area contributed by atoms with Crippen molar-refractivity contribution in [3.8, 4) is 5.75 Å². The molecule has 80 valence electrons. The first-order chi connectivity index (χ1) is 7.20. The standard InChI is InChI=1S/C11H11ClOS2/c1-7-3-4-9(15-7)11(12)10-5-8(13-2)6-14-10/h3-6,11H,1-2H3. The van der Waals surface area contributed by atoms with Crippen LogP contribution in [0.1, 0.15) is 20.0 Å². The Morgan fingerprint density at radius 3 is 2.67 bits per heavy atom. The fourth-order valence-corrected chi connectivity index (χ4v) is 3.52. The van der Waals surface area contributed by atoms with Crippen molar-refractivity contribution in [3.63, 3.8) is 0 Å². The van der Waals surface area contributed by atoms with E-state index in [0.29, 0.717) is 0 Å². The first-order valence-corrected chi connectivity index (χ1v) is 6.67. The smallest absolute Gasteiger partial charge is 0.129 e. The van der Waals surface area contributed by atoms with Crippen LogP contribution in [0, 0.1) is 6.92 Å². The van der Waals surface area contributed by atoms with Gasteiger partial charge in [0.1, 0.15) is 11.1 Å². The van der Waals surface area contributed by atoms with Gasteiger partial charge in [-0.1, -0.05) is 0 Å². The van der Waals surface area contributed by atoms with Gasteiger partial charge in [0.25, 0.3) is 0 Å². The van der Waals surface area contributed by atoms with Crippen LogP contribution in [0.3, 0.4) is 0 Å². The van der Waals surface area contributed by atoms with Gasteiger partial charge in [0, 0.05) is 20.0 Å². The summed E-state index contributed by atoms with van der Waals surface area (Å²) in [6.07, 6.45) is 0. The number of hydrogen-bond donors (Lipinski definition) is 0. The molecule has 15 heavy (non-hydrogen) atoms. The van der Waals surface area contributed by atoms with Crippen molar-refractivity contribution >= 4 is 34.3 Å². The minimum Gasteiger partial charge on any atom is -0.496 e. The highest BCUT2D eigenvalue weighted by Gasteiger charge is 2.15. The molecule has 0 fully saturated rings. The Balaban J connectivity index is 2.23. The summed E-state index contributed by atoms with van der Waals surface area (Å²) in [5.74, 6) is 0.883. The molecule has 2 aromatic heterocycles. The molecule has 0 aromatic carbocycles. The molecule has 0 spiro atoms. The summed E-state index contributed by atoms with van der Waals surface area (Å²) >= 11 is 9.76. The Hall–Kier alpha value is -0.510. The molecule has 0 aliphatic rings. The van der Waals surface area contributed by atoms with Crippen LogP contribution in [0.15, 0.2) is 23.6 Å². The van der Waals surface area contributed by atoms with Crippen LogP contribution in [0.4, 0.5) is 0 Å². The second-order valence-corrected chi connectivity index (χ2v) is 5.90. The van der Waals surface area contributed by atoms with E-state index in [1.165, 1.54) is 9.75 Å². The van der Waals surface area contributed by atoms with Crippen molar-refractivity contribution in [2.45, 2.75) is 12.3 Å². The minimum absolute atomic E-state index is 0.0439. The predicted molar refractivity (Wildman–Crippen MR) is 67.6 cm³/mol. The van der Waals surface area contributed by atoms with Gasteiger partial charge in [-0.25, -0.2) is 0 Å². The number of methoxy groups -OCH3 is 1. The van der Waals surface area contributed by atoms with Crippen LogP contribution in [0.5, 0.6) is 5.75 Å². The maximum atomic E-state index is 6.38. The maximum Gasteiger partial charge on any atom is 0.129 e. The molecule has 0 aliphatic carbocycles. The lowest BCUT2D eigenvalue weighted by atomic mass is 10.3. The fourth-order valence-electron chi connectivity index (χ4n) is 1.30. The fraction of sp³-hybridized carbons (Fsp3) is 0.273. The summed E-state index contributed by atoms with van der Waals surface area (Å²) in [5.41, 5.74) is 0. The van der Waals surface area contributed by atoms with Crippen molar-refractivity contribution < 1.29 is 4.74 Å². The van der Waals surface area contributed by atoms with Gasteiger partial charge in [-0.15, -0.1) is 34.3 Å². The van der Waals surface area contributed by atoms with Crippen LogP contribution in [0.25, 0.3) is 0 Å². The molecular formula is C11H11ClOS2. The van der Waals surface area contributed by atoms with Gasteiger partial charge in [0.05, 0.1) is 7.11 Å². The third kappa shape index (κ3) is 2.36. The molecule has 1 unspecified atom stereocenters. The average molecular weight is 259 g/mol. The highest BCUT2D eigenvalue weighted by atomic mass is 35.5. The van der Waals surface area contributed by atoms with Gasteiger partial charge >= 0.3 is 0 Å². The number of alkyl halides is 1. The Morgan fingerprint density at radius 1 is 1.33 bits per heavy atom. The third-order valence-corrected chi connectivity index (χ3v) is 4.86. The highest BCUT2D eigenvalue weighted by Crippen LogP contribution is 2.38. The number of thiophene rings is 2. The van der Waals surface area contributed by atoms with E-state index in [1.807, 2.05) is 11.4 Å². The van der Waals surface area contributed by atoms with Gasteiger partial charge in [-0.3, -0.25) is 0 Å². The van der Waals surface area contributed by atoms with Crippen molar-refractivity contribution in [3.05, 3.63) is 38.2 Å². The molecule has 0 saturated carbocycles. The number of ether oxygens (including phenoxy) is 1. The average Bonchev–Trinajstić information content (AvgIpc) is 2.84. The summed E-state index contributed by atoms with van der Waals surface area (Å²) in [7, 11) is 1.67. The molecule has 2 heterocycles. The van der Waals surface area contributed by atoms with E-state index >= 15 is 0 Å². The lowest BCUT2D eigenvalue weighted by Crippen LogP contribution is -1.85. The van der Waals surface area contributed by atoms with Crippen LogP contribution in [-0.4, -0.2) is 7.11 Å². The molecule has 0 N–H and O–H groups in total. The molecule has 0 saturated heterocycles. The first kappa shape index (κ1) is 11.0. The van der Waals surface area contributed by atoms with Crippen molar-refractivity contribution in [2.75, 3.05) is 7.11 Å². The molecule has 0 radical (unpaired) electrons. The second kappa shape index (κ2) is 4.56. The predicted octanol–water partition coefficient (Wildman–Crippen LogP) is 4.45. The first-order valence-electron chi connectivity index (χ1n) is 4.53. The normalized spacial score (nSPS) is 12.7. The van der Waals surface area contributed by atoms with E-state index in [1.54, 1.807) is 29.8 Å². The molecule has 1 nitrogen and oxygen atoms in total. The van der Waals surface area contributed by atoms with E-state index in [-0.39, 0.29) is 5.38 Å². The van der Waals surface area contributed by atoms with E-state index < -0.39 is 0 Å². The van der Waals surface area contributed by atoms with Crippen LogP contribution >= 0.6 is 34.3 Å². The lowest BCUT2D eigenvalue weighted by molar-refractivity contribution is 0.416. The summed E-state index contributed by atoms with van der Waals surface area (Å²) in [6, 6.07) is 6.18. The number of hydrogen-bond acceptors (Lipinski definition) is 3. The second-order valence-electron chi connectivity index (χ2n) is 3.20. The van der Waals surface area contributed by atoms with Crippen LogP contribution < -0.4 is 4.74 Å². The molecule has 0 aliphatic heterocycles. The zero-order valence-corrected chi connectivity index (χ0v) is 10.9. The quantitative estimate of drug-likeness (QED) is 0.739. The number of aryl methyl sites for hydroxylation is 1. The molecular weight excluding hydrogens is 248 g/mol. The van der Waals surface area contributed by atoms with Crippen LogP contribution in [0.2, 0.25) is 0 Å². The summed E-state index contributed by atoms with van der Waals surface area (Å²) in [6.45, 7) is 2.09. The Labute approximate surface area is 102 Å². The zero-order valence-electron chi connectivity index (χ0n) is 8.49. The van der Waals surface area contributed by atoms with Gasteiger partial charge < -0.3 is 4.74 Å². The monoisotopic (exact) mass is 258 g/mol. The molecule has 0 amide bonds. The SMILES string of the molecule is COc1csc(C(Cl)c2ccc(C)s2)c1.